The van der Waals surface area contributed by atoms with E-state index < -0.39 is 23.3 Å². The summed E-state index contributed by atoms with van der Waals surface area (Å²) < 4.78 is 39.7. The molecule has 0 radical (unpaired) electrons. The molecule has 10 nitrogen and oxygen atoms in total. The second kappa shape index (κ2) is 11.4. The Morgan fingerprint density at radius 3 is 2.60 bits per heavy atom. The van der Waals surface area contributed by atoms with E-state index >= 15 is 0 Å². The van der Waals surface area contributed by atoms with Crippen molar-refractivity contribution in [2.24, 2.45) is 0 Å². The summed E-state index contributed by atoms with van der Waals surface area (Å²) in [6.45, 7) is 5.14. The molecule has 4 aromatic rings. The van der Waals surface area contributed by atoms with Crippen molar-refractivity contribution in [3.8, 4) is 0 Å². The van der Waals surface area contributed by atoms with Crippen LogP contribution in [0.3, 0.4) is 0 Å². The maximum Gasteiger partial charge on any atom is 0.434 e. The predicted molar refractivity (Wildman–Crippen MR) is 152 cm³/mol. The van der Waals surface area contributed by atoms with Crippen molar-refractivity contribution in [3.05, 3.63) is 83.4 Å². The lowest BCUT2D eigenvalue weighted by Crippen LogP contribution is -2.51. The van der Waals surface area contributed by atoms with Crippen LogP contribution in [0, 0.1) is 0 Å². The highest BCUT2D eigenvalue weighted by molar-refractivity contribution is 6.05. The summed E-state index contributed by atoms with van der Waals surface area (Å²) >= 11 is 0. The molecule has 0 unspecified atom stereocenters. The molecule has 1 aliphatic carbocycles. The number of piperazine rings is 1. The number of benzene rings is 1. The van der Waals surface area contributed by atoms with Gasteiger partial charge in [0, 0.05) is 68.0 Å². The average molecular weight is 578 g/mol. The topological polar surface area (TPSA) is 115 Å². The highest BCUT2D eigenvalue weighted by Crippen LogP contribution is 2.39. The highest BCUT2D eigenvalue weighted by atomic mass is 19.4. The zero-order valence-corrected chi connectivity index (χ0v) is 22.9. The van der Waals surface area contributed by atoms with Crippen molar-refractivity contribution in [2.75, 3.05) is 35.2 Å². The first-order valence-corrected chi connectivity index (χ1v) is 13.8. The second-order valence-electron chi connectivity index (χ2n) is 10.7. The number of halogens is 3. The Hall–Kier alpha value is -4.52. The number of nitrogens with one attached hydrogen (secondary N) is 3. The molecule has 13 heteroatoms. The Balaban J connectivity index is 1.03. The summed E-state index contributed by atoms with van der Waals surface area (Å²) in [7, 11) is 0. The number of nitrogens with zero attached hydrogens (tertiary/aromatic N) is 6. The van der Waals surface area contributed by atoms with Crippen molar-refractivity contribution in [2.45, 2.75) is 44.4 Å². The quantitative estimate of drug-likeness (QED) is 0.262. The van der Waals surface area contributed by atoms with Gasteiger partial charge in [-0.3, -0.25) is 19.8 Å². The molecule has 0 bridgehead atoms. The van der Waals surface area contributed by atoms with Crippen molar-refractivity contribution in [1.29, 1.82) is 0 Å². The molecule has 2 aliphatic rings. The van der Waals surface area contributed by atoms with Gasteiger partial charge in [0.05, 0.1) is 5.56 Å². The molecule has 4 heterocycles. The van der Waals surface area contributed by atoms with E-state index in [0.717, 1.165) is 49.0 Å². The van der Waals surface area contributed by atoms with Crippen LogP contribution in [-0.2, 0) is 12.7 Å². The zero-order valence-electron chi connectivity index (χ0n) is 22.9. The molecular formula is C29H30F3N9O. The Bertz CT molecular complexity index is 1550. The molecule has 218 valence electrons. The number of H-pyrrole nitrogens is 1. The number of hydrogen-bond acceptors (Lipinski definition) is 8. The molecular weight excluding hydrogens is 547 g/mol. The van der Waals surface area contributed by atoms with Gasteiger partial charge in [0.25, 0.3) is 5.91 Å². The van der Waals surface area contributed by atoms with Crippen LogP contribution in [0.5, 0.6) is 0 Å². The SMILES string of the molecule is C[C@H]1CN(c2nccc(Nc3cc(C4CC4)[nH]n3)n2)CCN1Cc1ccc(NC(=O)c2cccnc2C(F)(F)F)cc1. The third-order valence-electron chi connectivity index (χ3n) is 7.48. The third kappa shape index (κ3) is 6.35. The van der Waals surface area contributed by atoms with Crippen LogP contribution in [0.2, 0.25) is 0 Å². The van der Waals surface area contributed by atoms with Crippen molar-refractivity contribution < 1.29 is 18.0 Å². The number of pyridine rings is 1. The van der Waals surface area contributed by atoms with Gasteiger partial charge < -0.3 is 15.5 Å². The third-order valence-corrected chi connectivity index (χ3v) is 7.48. The largest absolute Gasteiger partial charge is 0.434 e. The Morgan fingerprint density at radius 1 is 1.05 bits per heavy atom. The van der Waals surface area contributed by atoms with Crippen LogP contribution in [0.25, 0.3) is 0 Å². The number of hydrogen-bond donors (Lipinski definition) is 3. The van der Waals surface area contributed by atoms with Gasteiger partial charge in [0.1, 0.15) is 5.82 Å². The Labute approximate surface area is 240 Å². The zero-order chi connectivity index (χ0) is 29.3. The number of carbonyl (C=O) groups is 1. The van der Waals surface area contributed by atoms with Gasteiger partial charge >= 0.3 is 6.18 Å². The Kier molecular flexibility index (Phi) is 7.50. The van der Waals surface area contributed by atoms with Gasteiger partial charge in [-0.25, -0.2) is 4.98 Å². The summed E-state index contributed by atoms with van der Waals surface area (Å²) in [6, 6.07) is 13.6. The minimum absolute atomic E-state index is 0.220. The first-order chi connectivity index (χ1) is 20.2. The standard InChI is InChI=1S/C29H30F3N9O/c1-18-16-41(28-34-12-10-24(37-28)36-25-15-23(38-39-25)20-6-7-20)14-13-40(18)17-19-4-8-21(9-5-19)35-27(42)22-3-2-11-33-26(22)29(30,31)32/h2-5,8-12,15,18,20H,6-7,13-14,16-17H2,1H3,(H,35,42)(H2,34,36,37,38,39)/t18-/m0/s1. The van der Waals surface area contributed by atoms with Crippen LogP contribution in [0.15, 0.2) is 60.9 Å². The molecule has 1 saturated heterocycles. The van der Waals surface area contributed by atoms with Crippen LogP contribution < -0.4 is 15.5 Å². The van der Waals surface area contributed by atoms with Crippen LogP contribution in [0.4, 0.5) is 36.4 Å². The van der Waals surface area contributed by atoms with Gasteiger partial charge in [-0.15, -0.1) is 0 Å². The molecule has 3 aromatic heterocycles. The highest BCUT2D eigenvalue weighted by Gasteiger charge is 2.37. The molecule has 1 atom stereocenters. The van der Waals surface area contributed by atoms with E-state index in [2.05, 4.69) is 47.5 Å². The number of aromatic nitrogens is 5. The van der Waals surface area contributed by atoms with Gasteiger partial charge in [0.15, 0.2) is 11.5 Å². The van der Waals surface area contributed by atoms with E-state index in [1.807, 2.05) is 24.3 Å². The van der Waals surface area contributed by atoms with E-state index in [1.165, 1.54) is 18.9 Å². The number of anilines is 4. The number of aromatic amines is 1. The molecule has 1 aromatic carbocycles. The summed E-state index contributed by atoms with van der Waals surface area (Å²) in [4.78, 5) is 29.6. The molecule has 42 heavy (non-hydrogen) atoms. The summed E-state index contributed by atoms with van der Waals surface area (Å²) in [5, 5.41) is 13.2. The lowest BCUT2D eigenvalue weighted by Gasteiger charge is -2.40. The fraction of sp³-hybridized carbons (Fsp3) is 0.345. The summed E-state index contributed by atoms with van der Waals surface area (Å²) in [5.74, 6) is 1.83. The molecule has 1 amide bonds. The Morgan fingerprint density at radius 2 is 1.86 bits per heavy atom. The number of rotatable bonds is 8. The first kappa shape index (κ1) is 27.6. The first-order valence-electron chi connectivity index (χ1n) is 13.8. The molecule has 2 fully saturated rings. The molecule has 1 aliphatic heterocycles. The smallest absolute Gasteiger partial charge is 0.338 e. The monoisotopic (exact) mass is 577 g/mol. The van der Waals surface area contributed by atoms with E-state index in [1.54, 1.807) is 18.3 Å². The number of alkyl halides is 3. The number of amides is 1. The predicted octanol–water partition coefficient (Wildman–Crippen LogP) is 5.20. The maximum absolute atomic E-state index is 13.2. The van der Waals surface area contributed by atoms with Crippen molar-refractivity contribution >= 4 is 29.2 Å². The fourth-order valence-electron chi connectivity index (χ4n) is 5.06. The second-order valence-corrected chi connectivity index (χ2v) is 10.7. The molecule has 6 rings (SSSR count). The van der Waals surface area contributed by atoms with E-state index in [-0.39, 0.29) is 6.04 Å². The van der Waals surface area contributed by atoms with E-state index in [9.17, 15) is 18.0 Å². The minimum atomic E-state index is -4.72. The van der Waals surface area contributed by atoms with Crippen LogP contribution >= 0.6 is 0 Å². The van der Waals surface area contributed by atoms with Gasteiger partial charge in [-0.05, 0) is 55.7 Å². The molecule has 3 N–H and O–H groups in total. The van der Waals surface area contributed by atoms with Gasteiger partial charge in [-0.2, -0.15) is 23.3 Å². The van der Waals surface area contributed by atoms with Crippen LogP contribution in [0.1, 0.15) is 53.0 Å². The van der Waals surface area contributed by atoms with Gasteiger partial charge in [0.2, 0.25) is 5.95 Å². The average Bonchev–Trinajstić information content (AvgIpc) is 3.73. The molecule has 1 saturated carbocycles. The fourth-order valence-corrected chi connectivity index (χ4v) is 5.06. The summed E-state index contributed by atoms with van der Waals surface area (Å²) in [5.41, 5.74) is 0.858. The van der Waals surface area contributed by atoms with Crippen molar-refractivity contribution in [1.82, 2.24) is 30.0 Å². The molecule has 0 spiro atoms. The minimum Gasteiger partial charge on any atom is -0.338 e. The lowest BCUT2D eigenvalue weighted by atomic mass is 10.1. The number of carbonyl (C=O) groups excluding carboxylic acids is 1. The maximum atomic E-state index is 13.2. The van der Waals surface area contributed by atoms with Crippen molar-refractivity contribution in [3.63, 3.8) is 0 Å². The van der Waals surface area contributed by atoms with Crippen LogP contribution in [-0.4, -0.2) is 61.6 Å². The lowest BCUT2D eigenvalue weighted by molar-refractivity contribution is -0.141. The van der Waals surface area contributed by atoms with E-state index in [0.29, 0.717) is 29.9 Å². The van der Waals surface area contributed by atoms with Gasteiger partial charge in [-0.1, -0.05) is 12.1 Å². The normalized spacial score (nSPS) is 17.7. The summed E-state index contributed by atoms with van der Waals surface area (Å²) in [6.07, 6.45) is 0.450. The van der Waals surface area contributed by atoms with E-state index in [4.69, 9.17) is 4.98 Å².